The van der Waals surface area contributed by atoms with Gasteiger partial charge in [0.2, 0.25) is 0 Å². The molecular weight excluding hydrogens is 499 g/mol. The first kappa shape index (κ1) is 20.0. The van der Waals surface area contributed by atoms with Gasteiger partial charge in [-0.15, -0.1) is 0 Å². The van der Waals surface area contributed by atoms with Gasteiger partial charge in [0, 0.05) is 18.2 Å². The Morgan fingerprint density at radius 3 is 2.07 bits per heavy atom. The van der Waals surface area contributed by atoms with E-state index in [0.717, 1.165) is 27.0 Å². The van der Waals surface area contributed by atoms with Crippen LogP contribution in [0.25, 0.3) is 22.5 Å². The molecule has 0 spiro atoms. The first-order valence-corrected chi connectivity index (χ1v) is 9.84. The van der Waals surface area contributed by atoms with E-state index in [9.17, 15) is 0 Å². The summed E-state index contributed by atoms with van der Waals surface area (Å²) < 4.78 is 19.6. The maximum absolute atomic E-state index is 6.62. The van der Waals surface area contributed by atoms with E-state index in [0.29, 0.717) is 26.7 Å². The van der Waals surface area contributed by atoms with Crippen molar-refractivity contribution in [2.45, 2.75) is 0 Å². The molecule has 0 aliphatic heterocycles. The number of nitrogens with zero attached hydrogens (tertiary/aromatic N) is 2. The summed E-state index contributed by atoms with van der Waals surface area (Å²) in [6.45, 7) is 0. The second kappa shape index (κ2) is 8.12. The van der Waals surface area contributed by atoms with Crippen molar-refractivity contribution < 1.29 is 14.2 Å². The molecule has 0 atom stereocenters. The maximum atomic E-state index is 6.62. The number of halogens is 3. The molecule has 0 saturated heterocycles. The Morgan fingerprint density at radius 2 is 1.52 bits per heavy atom. The average Bonchev–Trinajstić information content (AvgIpc) is 3.05. The van der Waals surface area contributed by atoms with Gasteiger partial charge in [0.15, 0.2) is 0 Å². The van der Waals surface area contributed by atoms with Crippen molar-refractivity contribution in [1.29, 1.82) is 0 Å². The third kappa shape index (κ3) is 3.56. The van der Waals surface area contributed by atoms with Crippen molar-refractivity contribution in [1.82, 2.24) is 9.55 Å². The Hall–Kier alpha value is -1.70. The second-order valence-corrected chi connectivity index (χ2v) is 7.65. The molecule has 27 heavy (non-hydrogen) atoms. The molecule has 0 aliphatic carbocycles. The van der Waals surface area contributed by atoms with E-state index < -0.39 is 0 Å². The Labute approximate surface area is 179 Å². The van der Waals surface area contributed by atoms with Crippen LogP contribution in [0.5, 0.6) is 17.2 Å². The molecule has 142 valence electrons. The van der Waals surface area contributed by atoms with Crippen LogP contribution in [0.2, 0.25) is 5.02 Å². The lowest BCUT2D eigenvalue weighted by atomic mass is 10.0. The Balaban J connectivity index is 2.25. The van der Waals surface area contributed by atoms with Gasteiger partial charge in [-0.2, -0.15) is 0 Å². The number of imidazole rings is 1. The topological polar surface area (TPSA) is 45.5 Å². The lowest BCUT2D eigenvalue weighted by Gasteiger charge is -2.14. The normalized spacial score (nSPS) is 10.8. The summed E-state index contributed by atoms with van der Waals surface area (Å²) in [5.41, 5.74) is 3.32. The second-order valence-electron chi connectivity index (χ2n) is 5.69. The Kier molecular flexibility index (Phi) is 6.03. The fourth-order valence-corrected chi connectivity index (χ4v) is 4.14. The molecular formula is C19H17Br2ClN2O3. The predicted molar refractivity (Wildman–Crippen MR) is 114 cm³/mol. The molecule has 0 saturated carbocycles. The molecule has 3 aromatic rings. The molecule has 1 aromatic heterocycles. The van der Waals surface area contributed by atoms with Gasteiger partial charge in [-0.3, -0.25) is 0 Å². The van der Waals surface area contributed by atoms with Crippen molar-refractivity contribution in [3.05, 3.63) is 44.6 Å². The monoisotopic (exact) mass is 514 g/mol. The Morgan fingerprint density at radius 1 is 0.926 bits per heavy atom. The van der Waals surface area contributed by atoms with E-state index in [1.54, 1.807) is 27.7 Å². The molecule has 0 fully saturated rings. The van der Waals surface area contributed by atoms with Crippen molar-refractivity contribution in [3.63, 3.8) is 0 Å². The molecule has 0 aliphatic rings. The minimum atomic E-state index is 0.551. The zero-order valence-corrected chi connectivity index (χ0v) is 19.1. The van der Waals surface area contributed by atoms with Gasteiger partial charge < -0.3 is 18.8 Å². The van der Waals surface area contributed by atoms with Gasteiger partial charge in [-0.25, -0.2) is 4.98 Å². The number of rotatable bonds is 5. The lowest BCUT2D eigenvalue weighted by molar-refractivity contribution is 0.390. The molecule has 2 aromatic carbocycles. The van der Waals surface area contributed by atoms with Crippen LogP contribution in [-0.2, 0) is 7.05 Å². The lowest BCUT2D eigenvalue weighted by Crippen LogP contribution is -1.96. The van der Waals surface area contributed by atoms with Crippen LogP contribution >= 0.6 is 43.5 Å². The van der Waals surface area contributed by atoms with Crippen LogP contribution in [0.4, 0.5) is 0 Å². The van der Waals surface area contributed by atoms with Crippen LogP contribution in [0, 0.1) is 0 Å². The van der Waals surface area contributed by atoms with Gasteiger partial charge in [0.05, 0.1) is 48.5 Å². The molecule has 5 nitrogen and oxygen atoms in total. The van der Waals surface area contributed by atoms with Gasteiger partial charge in [0.25, 0.3) is 0 Å². The smallest absolute Gasteiger partial charge is 0.137 e. The average molecular weight is 517 g/mol. The molecule has 0 unspecified atom stereocenters. The van der Waals surface area contributed by atoms with E-state index in [1.165, 1.54) is 0 Å². The molecule has 1 heterocycles. The van der Waals surface area contributed by atoms with E-state index in [-0.39, 0.29) is 0 Å². The number of aryl methyl sites for hydroxylation is 1. The summed E-state index contributed by atoms with van der Waals surface area (Å²) in [6.07, 6.45) is 1.75. The highest BCUT2D eigenvalue weighted by atomic mass is 79.9. The van der Waals surface area contributed by atoms with Crippen LogP contribution in [0.1, 0.15) is 0 Å². The highest BCUT2D eigenvalue weighted by molar-refractivity contribution is 9.11. The van der Waals surface area contributed by atoms with Crippen molar-refractivity contribution in [3.8, 4) is 39.8 Å². The van der Waals surface area contributed by atoms with E-state index in [1.807, 2.05) is 35.9 Å². The number of hydrogen-bond donors (Lipinski definition) is 0. The predicted octanol–water partition coefficient (Wildman–Crippen LogP) is 5.96. The van der Waals surface area contributed by atoms with Crippen LogP contribution in [0.15, 0.2) is 39.5 Å². The summed E-state index contributed by atoms with van der Waals surface area (Å²) in [7, 11) is 6.75. The fraction of sp³-hybridized carbons (Fsp3) is 0.211. The quantitative estimate of drug-likeness (QED) is 0.420. The standard InChI is InChI=1S/C19H17Br2ClN2O3/c1-24-9-23-18(10-7-13(26-3)15(20)14(8-10)27-4)19(24)11-5-6-12(25-2)16(21)17(11)22/h5-9H,1-4H3. The number of hydrogen-bond acceptors (Lipinski definition) is 4. The number of ether oxygens (including phenoxy) is 3. The summed E-state index contributed by atoms with van der Waals surface area (Å²) in [5.74, 6) is 1.98. The van der Waals surface area contributed by atoms with E-state index in [2.05, 4.69) is 36.8 Å². The first-order chi connectivity index (χ1) is 12.9. The van der Waals surface area contributed by atoms with Crippen molar-refractivity contribution >= 4 is 43.5 Å². The van der Waals surface area contributed by atoms with Gasteiger partial charge in [-0.05, 0) is 56.1 Å². The van der Waals surface area contributed by atoms with Crippen molar-refractivity contribution in [2.75, 3.05) is 21.3 Å². The van der Waals surface area contributed by atoms with Crippen LogP contribution in [-0.4, -0.2) is 30.9 Å². The van der Waals surface area contributed by atoms with Gasteiger partial charge in [-0.1, -0.05) is 11.6 Å². The van der Waals surface area contributed by atoms with Crippen LogP contribution < -0.4 is 14.2 Å². The molecule has 3 rings (SSSR count). The number of benzene rings is 2. The van der Waals surface area contributed by atoms with Crippen molar-refractivity contribution in [2.24, 2.45) is 7.05 Å². The minimum absolute atomic E-state index is 0.551. The summed E-state index contributed by atoms with van der Waals surface area (Å²) in [4.78, 5) is 4.59. The molecule has 0 bridgehead atoms. The third-order valence-electron chi connectivity index (χ3n) is 4.18. The molecule has 0 radical (unpaired) electrons. The maximum Gasteiger partial charge on any atom is 0.137 e. The van der Waals surface area contributed by atoms with E-state index >= 15 is 0 Å². The molecule has 8 heteroatoms. The first-order valence-electron chi connectivity index (χ1n) is 7.88. The Bertz CT molecular complexity index is 980. The molecule has 0 N–H and O–H groups in total. The van der Waals surface area contributed by atoms with E-state index in [4.69, 9.17) is 25.8 Å². The summed E-state index contributed by atoms with van der Waals surface area (Å²) in [5, 5.41) is 0.551. The minimum Gasteiger partial charge on any atom is -0.496 e. The molecule has 0 amide bonds. The zero-order valence-electron chi connectivity index (χ0n) is 15.1. The van der Waals surface area contributed by atoms with Gasteiger partial charge in [0.1, 0.15) is 21.7 Å². The number of aromatic nitrogens is 2. The summed E-state index contributed by atoms with van der Waals surface area (Å²) in [6, 6.07) is 7.60. The third-order valence-corrected chi connectivity index (χ3v) is 6.37. The zero-order chi connectivity index (χ0) is 19.7. The highest BCUT2D eigenvalue weighted by Gasteiger charge is 2.21. The number of methoxy groups -OCH3 is 3. The fourth-order valence-electron chi connectivity index (χ4n) is 2.84. The summed E-state index contributed by atoms with van der Waals surface area (Å²) >= 11 is 13.6. The highest BCUT2D eigenvalue weighted by Crippen LogP contribution is 2.44. The van der Waals surface area contributed by atoms with Gasteiger partial charge >= 0.3 is 0 Å². The van der Waals surface area contributed by atoms with Crippen LogP contribution in [0.3, 0.4) is 0 Å². The SMILES string of the molecule is COc1cc(-c2ncn(C)c2-c2ccc(OC)c(Br)c2Cl)cc(OC)c1Br. The largest absolute Gasteiger partial charge is 0.496 e.